The molecule has 2 N–H and O–H groups in total. The van der Waals surface area contributed by atoms with Crippen molar-refractivity contribution in [3.63, 3.8) is 0 Å². The molecule has 0 bridgehead atoms. The van der Waals surface area contributed by atoms with Crippen molar-refractivity contribution in [2.75, 3.05) is 5.32 Å². The Kier molecular flexibility index (Phi) is 4.94. The molecule has 2 heterocycles. The number of benzene rings is 2. The number of hydrogen-bond donors (Lipinski definition) is 2. The highest BCUT2D eigenvalue weighted by molar-refractivity contribution is 6.31. The smallest absolute Gasteiger partial charge is 0.256 e. The van der Waals surface area contributed by atoms with Crippen LogP contribution in [0.15, 0.2) is 54.7 Å². The number of carbonyl (C=O) groups is 1. The van der Waals surface area contributed by atoms with Crippen LogP contribution in [-0.4, -0.2) is 25.8 Å². The number of aromatic nitrogens is 3. The number of aryl methyl sites for hydroxylation is 2. The predicted octanol–water partition coefficient (Wildman–Crippen LogP) is 5.04. The zero-order valence-electron chi connectivity index (χ0n) is 16.0. The van der Waals surface area contributed by atoms with Gasteiger partial charge in [-0.3, -0.25) is 9.48 Å². The van der Waals surface area contributed by atoms with Crippen molar-refractivity contribution in [1.29, 1.82) is 0 Å². The molecule has 2 aromatic heterocycles. The monoisotopic (exact) mass is 406 g/mol. The Morgan fingerprint density at radius 1 is 1.21 bits per heavy atom. The van der Waals surface area contributed by atoms with Crippen LogP contribution >= 0.6 is 11.6 Å². The summed E-state index contributed by atoms with van der Waals surface area (Å²) in [5.41, 5.74) is 3.79. The number of nitrogens with one attached hydrogen (secondary N) is 1. The Balaban J connectivity index is 1.83. The van der Waals surface area contributed by atoms with E-state index in [-0.39, 0.29) is 17.3 Å². The lowest BCUT2D eigenvalue weighted by Gasteiger charge is -2.11. The van der Waals surface area contributed by atoms with Crippen molar-refractivity contribution in [1.82, 2.24) is 14.8 Å². The Morgan fingerprint density at radius 3 is 2.76 bits per heavy atom. The summed E-state index contributed by atoms with van der Waals surface area (Å²) in [6.07, 6.45) is 1.93. The Morgan fingerprint density at radius 2 is 2.00 bits per heavy atom. The van der Waals surface area contributed by atoms with Gasteiger partial charge in [0.25, 0.3) is 5.91 Å². The molecule has 146 valence electrons. The number of fused-ring (bicyclic) bond motifs is 1. The van der Waals surface area contributed by atoms with Crippen LogP contribution in [0.1, 0.15) is 23.0 Å². The first-order valence-electron chi connectivity index (χ1n) is 9.20. The molecule has 29 heavy (non-hydrogen) atoms. The lowest BCUT2D eigenvalue weighted by Crippen LogP contribution is -2.13. The van der Waals surface area contributed by atoms with E-state index in [2.05, 4.69) is 10.4 Å². The lowest BCUT2D eigenvalue weighted by molar-refractivity contribution is 0.102. The number of hydrogen-bond acceptors (Lipinski definition) is 4. The molecule has 0 spiro atoms. The van der Waals surface area contributed by atoms with Gasteiger partial charge in [0.2, 0.25) is 0 Å². The molecule has 0 radical (unpaired) electrons. The van der Waals surface area contributed by atoms with Crippen molar-refractivity contribution in [2.24, 2.45) is 0 Å². The van der Waals surface area contributed by atoms with Gasteiger partial charge < -0.3 is 10.4 Å². The van der Waals surface area contributed by atoms with E-state index in [1.165, 1.54) is 12.1 Å². The maximum absolute atomic E-state index is 13.1. The van der Waals surface area contributed by atoms with E-state index in [0.717, 1.165) is 23.2 Å². The number of pyridine rings is 1. The maximum Gasteiger partial charge on any atom is 0.256 e. The van der Waals surface area contributed by atoms with E-state index in [9.17, 15) is 9.90 Å². The largest absolute Gasteiger partial charge is 0.506 e. The quantitative estimate of drug-likeness (QED) is 0.465. The summed E-state index contributed by atoms with van der Waals surface area (Å²) >= 11 is 6.00. The molecule has 0 fully saturated rings. The van der Waals surface area contributed by atoms with Crippen LogP contribution in [0.3, 0.4) is 0 Å². The predicted molar refractivity (Wildman–Crippen MR) is 114 cm³/mol. The number of para-hydroxylation sites is 1. The van der Waals surface area contributed by atoms with Crippen LogP contribution in [0.25, 0.3) is 22.2 Å². The molecule has 4 rings (SSSR count). The fourth-order valence-corrected chi connectivity index (χ4v) is 3.40. The number of anilines is 1. The molecule has 1 amide bonds. The number of amides is 1. The van der Waals surface area contributed by atoms with Crippen molar-refractivity contribution in [3.05, 3.63) is 71.0 Å². The number of halogens is 1. The SMILES string of the molecule is CCn1cc(-c2cc(C(=O)Nc3cc(Cl)ccc3O)c3ccccc3n2)c(C)n1. The fourth-order valence-electron chi connectivity index (χ4n) is 3.23. The number of aromatic hydroxyl groups is 1. The van der Waals surface area contributed by atoms with E-state index in [1.54, 1.807) is 12.1 Å². The molecule has 0 aliphatic carbocycles. The van der Waals surface area contributed by atoms with Crippen molar-refractivity contribution in [2.45, 2.75) is 20.4 Å². The van der Waals surface area contributed by atoms with E-state index in [0.29, 0.717) is 21.8 Å². The highest BCUT2D eigenvalue weighted by Gasteiger charge is 2.17. The Hall–Kier alpha value is -3.38. The summed E-state index contributed by atoms with van der Waals surface area (Å²) in [6.45, 7) is 4.68. The third-order valence-corrected chi connectivity index (χ3v) is 4.95. The minimum atomic E-state index is -0.358. The molecule has 0 saturated carbocycles. The summed E-state index contributed by atoms with van der Waals surface area (Å²) in [5, 5.41) is 18.4. The first-order chi connectivity index (χ1) is 14.0. The second kappa shape index (κ2) is 7.56. The van der Waals surface area contributed by atoms with Gasteiger partial charge in [-0.1, -0.05) is 29.8 Å². The molecule has 6 nitrogen and oxygen atoms in total. The first-order valence-corrected chi connectivity index (χ1v) is 9.58. The molecular weight excluding hydrogens is 388 g/mol. The summed E-state index contributed by atoms with van der Waals surface area (Å²) < 4.78 is 1.84. The normalized spacial score (nSPS) is 11.0. The van der Waals surface area contributed by atoms with Gasteiger partial charge in [0, 0.05) is 28.7 Å². The molecule has 0 aliphatic rings. The van der Waals surface area contributed by atoms with E-state index < -0.39 is 0 Å². The summed E-state index contributed by atoms with van der Waals surface area (Å²) in [7, 11) is 0. The molecule has 0 unspecified atom stereocenters. The lowest BCUT2D eigenvalue weighted by atomic mass is 10.0. The molecular formula is C22H19ClN4O2. The maximum atomic E-state index is 13.1. The molecule has 4 aromatic rings. The van der Waals surface area contributed by atoms with Crippen LogP contribution < -0.4 is 5.32 Å². The van der Waals surface area contributed by atoms with Crippen molar-refractivity contribution < 1.29 is 9.90 Å². The second-order valence-electron chi connectivity index (χ2n) is 6.67. The van der Waals surface area contributed by atoms with Gasteiger partial charge in [-0.05, 0) is 44.2 Å². The van der Waals surface area contributed by atoms with E-state index >= 15 is 0 Å². The van der Waals surface area contributed by atoms with Gasteiger partial charge in [-0.2, -0.15) is 5.10 Å². The molecule has 0 aliphatic heterocycles. The highest BCUT2D eigenvalue weighted by atomic mass is 35.5. The molecule has 7 heteroatoms. The minimum absolute atomic E-state index is 0.0543. The average Bonchev–Trinajstić information content (AvgIpc) is 3.10. The molecule has 2 aromatic carbocycles. The van der Waals surface area contributed by atoms with Gasteiger partial charge in [-0.25, -0.2) is 4.98 Å². The average molecular weight is 407 g/mol. The third kappa shape index (κ3) is 3.67. The number of nitrogens with zero attached hydrogens (tertiary/aromatic N) is 3. The standard InChI is InChI=1S/C22H19ClN4O2/c1-3-27-12-17(13(2)26-27)19-11-16(15-6-4-5-7-18(15)24-19)22(29)25-20-10-14(23)8-9-21(20)28/h4-12,28H,3H2,1-2H3,(H,25,29). The minimum Gasteiger partial charge on any atom is -0.506 e. The number of rotatable bonds is 4. The van der Waals surface area contributed by atoms with Gasteiger partial charge in [0.05, 0.1) is 28.2 Å². The number of carbonyl (C=O) groups excluding carboxylic acids is 1. The van der Waals surface area contributed by atoms with Crippen LogP contribution in [0.4, 0.5) is 5.69 Å². The van der Waals surface area contributed by atoms with E-state index in [4.69, 9.17) is 16.6 Å². The highest BCUT2D eigenvalue weighted by Crippen LogP contribution is 2.30. The Bertz CT molecular complexity index is 1230. The number of phenolic OH excluding ortho intramolecular Hbond substituents is 1. The van der Waals surface area contributed by atoms with Gasteiger partial charge in [0.1, 0.15) is 5.75 Å². The second-order valence-corrected chi connectivity index (χ2v) is 7.11. The fraction of sp³-hybridized carbons (Fsp3) is 0.136. The topological polar surface area (TPSA) is 80.0 Å². The van der Waals surface area contributed by atoms with Crippen molar-refractivity contribution >= 4 is 34.1 Å². The van der Waals surface area contributed by atoms with Gasteiger partial charge in [0.15, 0.2) is 0 Å². The summed E-state index contributed by atoms with van der Waals surface area (Å²) in [6, 6.07) is 13.7. The van der Waals surface area contributed by atoms with E-state index in [1.807, 2.05) is 49.0 Å². The van der Waals surface area contributed by atoms with Crippen LogP contribution in [0.2, 0.25) is 5.02 Å². The van der Waals surface area contributed by atoms with Crippen LogP contribution in [0, 0.1) is 6.92 Å². The zero-order chi connectivity index (χ0) is 20.5. The zero-order valence-corrected chi connectivity index (χ0v) is 16.7. The van der Waals surface area contributed by atoms with Crippen LogP contribution in [-0.2, 0) is 6.54 Å². The van der Waals surface area contributed by atoms with Gasteiger partial charge in [-0.15, -0.1) is 0 Å². The summed E-state index contributed by atoms with van der Waals surface area (Å²) in [5.74, 6) is -0.413. The first kappa shape index (κ1) is 19.0. The molecule has 0 saturated heterocycles. The Labute approximate surface area is 172 Å². The molecule has 0 atom stereocenters. The van der Waals surface area contributed by atoms with Crippen LogP contribution in [0.5, 0.6) is 5.75 Å². The van der Waals surface area contributed by atoms with Crippen molar-refractivity contribution in [3.8, 4) is 17.0 Å². The van der Waals surface area contributed by atoms with Gasteiger partial charge >= 0.3 is 0 Å². The third-order valence-electron chi connectivity index (χ3n) is 4.71. The summed E-state index contributed by atoms with van der Waals surface area (Å²) in [4.78, 5) is 17.8. The number of phenols is 1.